The minimum atomic E-state index is 0.702. The quantitative estimate of drug-likeness (QED) is 0.833. The van der Waals surface area contributed by atoms with Crippen molar-refractivity contribution in [3.63, 3.8) is 0 Å². The van der Waals surface area contributed by atoms with Gasteiger partial charge in [0.1, 0.15) is 5.75 Å². The highest BCUT2D eigenvalue weighted by atomic mass is 16.5. The molecule has 1 fully saturated rings. The zero-order chi connectivity index (χ0) is 13.0. The Hall–Kier alpha value is -1.22. The number of anilines is 1. The topological polar surface area (TPSA) is 38.5 Å². The predicted molar refractivity (Wildman–Crippen MR) is 75.7 cm³/mol. The van der Waals surface area contributed by atoms with Crippen LogP contribution in [-0.2, 0) is 6.54 Å². The Morgan fingerprint density at radius 1 is 1.44 bits per heavy atom. The van der Waals surface area contributed by atoms with Crippen LogP contribution in [0.3, 0.4) is 0 Å². The third-order valence-electron chi connectivity index (χ3n) is 3.52. The lowest BCUT2D eigenvalue weighted by Gasteiger charge is -2.31. The molecule has 0 bridgehead atoms. The molecule has 1 saturated heterocycles. The van der Waals surface area contributed by atoms with Crippen LogP contribution in [0, 0.1) is 5.92 Å². The van der Waals surface area contributed by atoms with Crippen LogP contribution in [0.2, 0.25) is 0 Å². The molecule has 1 atom stereocenters. The first-order valence-corrected chi connectivity index (χ1v) is 6.92. The molecule has 18 heavy (non-hydrogen) atoms. The van der Waals surface area contributed by atoms with Crippen molar-refractivity contribution in [2.75, 3.05) is 25.4 Å². The molecule has 0 radical (unpaired) electrons. The molecular weight excluding hydrogens is 224 g/mol. The van der Waals surface area contributed by atoms with Gasteiger partial charge >= 0.3 is 0 Å². The van der Waals surface area contributed by atoms with Crippen molar-refractivity contribution in [2.24, 2.45) is 5.92 Å². The predicted octanol–water partition coefficient (Wildman–Crippen LogP) is 2.90. The molecule has 0 aromatic heterocycles. The van der Waals surface area contributed by atoms with E-state index < -0.39 is 0 Å². The van der Waals surface area contributed by atoms with Gasteiger partial charge < -0.3 is 10.5 Å². The van der Waals surface area contributed by atoms with Crippen molar-refractivity contribution in [3.05, 3.63) is 23.8 Å². The lowest BCUT2D eigenvalue weighted by molar-refractivity contribution is 0.174. The number of ether oxygens (including phenoxy) is 1. The second kappa shape index (κ2) is 6.10. The monoisotopic (exact) mass is 248 g/mol. The molecule has 0 saturated carbocycles. The van der Waals surface area contributed by atoms with E-state index in [1.807, 2.05) is 25.1 Å². The van der Waals surface area contributed by atoms with Gasteiger partial charge in [0.05, 0.1) is 6.61 Å². The SMILES string of the molecule is CCOc1ccc(N)cc1CN1CCCC(C)C1. The Morgan fingerprint density at radius 3 is 3.00 bits per heavy atom. The van der Waals surface area contributed by atoms with E-state index in [1.54, 1.807) is 0 Å². The molecule has 1 unspecified atom stereocenters. The average molecular weight is 248 g/mol. The van der Waals surface area contributed by atoms with E-state index in [4.69, 9.17) is 10.5 Å². The Morgan fingerprint density at radius 2 is 2.28 bits per heavy atom. The molecule has 100 valence electrons. The Labute approximate surface area is 110 Å². The van der Waals surface area contributed by atoms with Crippen LogP contribution in [-0.4, -0.2) is 24.6 Å². The number of piperidine rings is 1. The number of hydrogen-bond donors (Lipinski definition) is 1. The first-order chi connectivity index (χ1) is 8.69. The maximum atomic E-state index is 5.88. The first-order valence-electron chi connectivity index (χ1n) is 6.92. The third kappa shape index (κ3) is 3.39. The number of nitrogen functional groups attached to an aromatic ring is 1. The van der Waals surface area contributed by atoms with Gasteiger partial charge in [0.25, 0.3) is 0 Å². The van der Waals surface area contributed by atoms with Crippen LogP contribution in [0.1, 0.15) is 32.3 Å². The summed E-state index contributed by atoms with van der Waals surface area (Å²) >= 11 is 0. The number of nitrogens with two attached hydrogens (primary N) is 1. The van der Waals surface area contributed by atoms with E-state index in [9.17, 15) is 0 Å². The normalized spacial score (nSPS) is 20.9. The van der Waals surface area contributed by atoms with Crippen LogP contribution < -0.4 is 10.5 Å². The second-order valence-electron chi connectivity index (χ2n) is 5.28. The molecule has 0 aliphatic carbocycles. The molecule has 3 nitrogen and oxygen atoms in total. The Bertz CT molecular complexity index is 392. The molecule has 1 aliphatic heterocycles. The molecule has 1 heterocycles. The van der Waals surface area contributed by atoms with Crippen molar-refractivity contribution in [1.82, 2.24) is 4.90 Å². The van der Waals surface area contributed by atoms with Crippen molar-refractivity contribution in [2.45, 2.75) is 33.2 Å². The fraction of sp³-hybridized carbons (Fsp3) is 0.600. The summed E-state index contributed by atoms with van der Waals surface area (Å²) in [4.78, 5) is 2.51. The standard InChI is InChI=1S/C15H24N2O/c1-3-18-15-7-6-14(16)9-13(15)11-17-8-4-5-12(2)10-17/h6-7,9,12H,3-5,8,10-11,16H2,1-2H3. The molecule has 2 rings (SSSR count). The largest absolute Gasteiger partial charge is 0.494 e. The van der Waals surface area contributed by atoms with E-state index in [2.05, 4.69) is 11.8 Å². The molecule has 0 amide bonds. The van der Waals surface area contributed by atoms with Crippen molar-refractivity contribution < 1.29 is 4.74 Å². The molecule has 1 aromatic carbocycles. The number of nitrogens with zero attached hydrogens (tertiary/aromatic N) is 1. The number of hydrogen-bond acceptors (Lipinski definition) is 3. The van der Waals surface area contributed by atoms with Gasteiger partial charge in [-0.3, -0.25) is 4.90 Å². The minimum Gasteiger partial charge on any atom is -0.494 e. The molecular formula is C15H24N2O. The van der Waals surface area contributed by atoms with Gasteiger partial charge in [0, 0.05) is 24.3 Å². The summed E-state index contributed by atoms with van der Waals surface area (Å²) in [5.74, 6) is 1.78. The average Bonchev–Trinajstić information content (AvgIpc) is 2.33. The second-order valence-corrected chi connectivity index (χ2v) is 5.28. The summed E-state index contributed by atoms with van der Waals surface area (Å²) < 4.78 is 5.68. The fourth-order valence-corrected chi connectivity index (χ4v) is 2.69. The number of likely N-dealkylation sites (tertiary alicyclic amines) is 1. The highest BCUT2D eigenvalue weighted by Gasteiger charge is 2.17. The number of benzene rings is 1. The summed E-state index contributed by atoms with van der Waals surface area (Å²) in [5.41, 5.74) is 7.91. The summed E-state index contributed by atoms with van der Waals surface area (Å²) in [6.07, 6.45) is 2.65. The van der Waals surface area contributed by atoms with Crippen molar-refractivity contribution >= 4 is 5.69 Å². The minimum absolute atomic E-state index is 0.702. The smallest absolute Gasteiger partial charge is 0.123 e. The lowest BCUT2D eigenvalue weighted by Crippen LogP contribution is -2.33. The molecule has 0 spiro atoms. The van der Waals surface area contributed by atoms with Crippen LogP contribution in [0.15, 0.2) is 18.2 Å². The van der Waals surface area contributed by atoms with Gasteiger partial charge in [-0.05, 0) is 50.4 Å². The van der Waals surface area contributed by atoms with E-state index in [0.717, 1.165) is 23.9 Å². The molecule has 3 heteroatoms. The van der Waals surface area contributed by atoms with E-state index in [-0.39, 0.29) is 0 Å². The summed E-state index contributed by atoms with van der Waals surface area (Å²) in [5, 5.41) is 0. The van der Waals surface area contributed by atoms with Crippen LogP contribution in [0.4, 0.5) is 5.69 Å². The third-order valence-corrected chi connectivity index (χ3v) is 3.52. The summed E-state index contributed by atoms with van der Waals surface area (Å²) in [7, 11) is 0. The van der Waals surface area contributed by atoms with E-state index in [0.29, 0.717) is 6.61 Å². The maximum absolute atomic E-state index is 5.88. The molecule has 1 aliphatic rings. The van der Waals surface area contributed by atoms with Gasteiger partial charge in [-0.2, -0.15) is 0 Å². The van der Waals surface area contributed by atoms with Gasteiger partial charge in [-0.15, -0.1) is 0 Å². The maximum Gasteiger partial charge on any atom is 0.123 e. The molecule has 2 N–H and O–H groups in total. The summed E-state index contributed by atoms with van der Waals surface area (Å²) in [6.45, 7) is 8.36. The van der Waals surface area contributed by atoms with Crippen LogP contribution in [0.25, 0.3) is 0 Å². The zero-order valence-electron chi connectivity index (χ0n) is 11.5. The zero-order valence-corrected chi connectivity index (χ0v) is 11.5. The van der Waals surface area contributed by atoms with Crippen LogP contribution in [0.5, 0.6) is 5.75 Å². The van der Waals surface area contributed by atoms with Gasteiger partial charge in [-0.25, -0.2) is 0 Å². The fourth-order valence-electron chi connectivity index (χ4n) is 2.69. The Balaban J connectivity index is 2.08. The highest BCUT2D eigenvalue weighted by molar-refractivity contribution is 5.47. The molecule has 1 aromatic rings. The number of rotatable bonds is 4. The van der Waals surface area contributed by atoms with Gasteiger partial charge in [0.15, 0.2) is 0 Å². The van der Waals surface area contributed by atoms with Gasteiger partial charge in [-0.1, -0.05) is 6.92 Å². The first kappa shape index (κ1) is 13.2. The van der Waals surface area contributed by atoms with Gasteiger partial charge in [0.2, 0.25) is 0 Å². The van der Waals surface area contributed by atoms with E-state index >= 15 is 0 Å². The van der Waals surface area contributed by atoms with Crippen LogP contribution >= 0.6 is 0 Å². The van der Waals surface area contributed by atoms with E-state index in [1.165, 1.54) is 31.5 Å². The van der Waals surface area contributed by atoms with Crippen molar-refractivity contribution in [1.29, 1.82) is 0 Å². The highest BCUT2D eigenvalue weighted by Crippen LogP contribution is 2.25. The van der Waals surface area contributed by atoms with Crippen molar-refractivity contribution in [3.8, 4) is 5.75 Å². The lowest BCUT2D eigenvalue weighted by atomic mass is 9.99. The Kier molecular flexibility index (Phi) is 4.48. The summed E-state index contributed by atoms with van der Waals surface area (Å²) in [6, 6.07) is 5.94.